The van der Waals surface area contributed by atoms with E-state index in [4.69, 9.17) is 16.3 Å². The van der Waals surface area contributed by atoms with Crippen LogP contribution in [0.25, 0.3) is 0 Å². The average molecular weight is 586 g/mol. The Balaban J connectivity index is 2.10. The van der Waals surface area contributed by atoms with Crippen LogP contribution in [0.2, 0.25) is 5.02 Å². The summed E-state index contributed by atoms with van der Waals surface area (Å²) in [6, 6.07) is 19.3. The molecule has 40 heavy (non-hydrogen) atoms. The number of carbonyl (C=O) groups excluding carboxylic acids is 2. The molecule has 0 aliphatic heterocycles. The molecule has 0 spiro atoms. The molecule has 3 rings (SSSR count). The highest BCUT2D eigenvalue weighted by molar-refractivity contribution is 7.92. The van der Waals surface area contributed by atoms with E-state index in [1.807, 2.05) is 45.0 Å². The molecular formula is C30H36ClN3O5S. The fourth-order valence-electron chi connectivity index (χ4n) is 4.27. The Bertz CT molecular complexity index is 1400. The van der Waals surface area contributed by atoms with Crippen molar-refractivity contribution in [1.29, 1.82) is 0 Å². The van der Waals surface area contributed by atoms with Gasteiger partial charge in [-0.15, -0.1) is 0 Å². The maximum absolute atomic E-state index is 14.1. The lowest BCUT2D eigenvalue weighted by Gasteiger charge is -2.33. The molecule has 0 bridgehead atoms. The van der Waals surface area contributed by atoms with E-state index in [-0.39, 0.29) is 33.8 Å². The zero-order valence-electron chi connectivity index (χ0n) is 23.3. The Morgan fingerprint density at radius 2 is 1.68 bits per heavy atom. The number of hydrogen-bond acceptors (Lipinski definition) is 5. The van der Waals surface area contributed by atoms with Gasteiger partial charge in [0, 0.05) is 18.1 Å². The molecular weight excluding hydrogens is 550 g/mol. The fraction of sp³-hybridized carbons (Fsp3) is 0.333. The van der Waals surface area contributed by atoms with Gasteiger partial charge in [0.2, 0.25) is 11.8 Å². The second-order valence-electron chi connectivity index (χ2n) is 9.36. The Kier molecular flexibility index (Phi) is 11.0. The van der Waals surface area contributed by atoms with Gasteiger partial charge < -0.3 is 15.0 Å². The van der Waals surface area contributed by atoms with Gasteiger partial charge in [-0.3, -0.25) is 13.9 Å². The van der Waals surface area contributed by atoms with Crippen LogP contribution >= 0.6 is 11.6 Å². The number of methoxy groups -OCH3 is 1. The molecule has 0 unspecified atom stereocenters. The third-order valence-electron chi connectivity index (χ3n) is 6.43. The van der Waals surface area contributed by atoms with E-state index in [2.05, 4.69) is 5.32 Å². The second kappa shape index (κ2) is 14.2. The lowest BCUT2D eigenvalue weighted by molar-refractivity contribution is -0.140. The van der Waals surface area contributed by atoms with Crippen LogP contribution in [-0.2, 0) is 26.2 Å². The number of aryl methyl sites for hydroxylation is 1. The lowest BCUT2D eigenvalue weighted by Crippen LogP contribution is -2.52. The monoisotopic (exact) mass is 585 g/mol. The molecule has 0 aliphatic rings. The molecule has 0 aliphatic carbocycles. The minimum atomic E-state index is -4.23. The predicted molar refractivity (Wildman–Crippen MR) is 158 cm³/mol. The molecule has 1 atom stereocenters. The molecule has 8 nitrogen and oxygen atoms in total. The Morgan fingerprint density at radius 3 is 2.27 bits per heavy atom. The number of rotatable bonds is 13. The van der Waals surface area contributed by atoms with Crippen LogP contribution in [0.3, 0.4) is 0 Å². The highest BCUT2D eigenvalue weighted by Gasteiger charge is 2.34. The van der Waals surface area contributed by atoms with E-state index < -0.39 is 28.5 Å². The molecule has 3 aromatic carbocycles. The number of anilines is 1. The third kappa shape index (κ3) is 7.55. The molecule has 3 aromatic rings. The first-order valence-electron chi connectivity index (χ1n) is 13.2. The molecule has 10 heteroatoms. The molecule has 0 fully saturated rings. The number of halogens is 1. The van der Waals surface area contributed by atoms with E-state index in [0.717, 1.165) is 21.9 Å². The largest absolute Gasteiger partial charge is 0.495 e. The van der Waals surface area contributed by atoms with Crippen molar-refractivity contribution in [2.24, 2.45) is 0 Å². The number of ether oxygens (including phenoxy) is 1. The third-order valence-corrected chi connectivity index (χ3v) is 8.44. The maximum Gasteiger partial charge on any atom is 0.264 e. The summed E-state index contributed by atoms with van der Waals surface area (Å²) in [7, 11) is -2.82. The summed E-state index contributed by atoms with van der Waals surface area (Å²) in [4.78, 5) is 28.7. The number of carbonyl (C=O) groups is 2. The minimum absolute atomic E-state index is 0.00245. The van der Waals surface area contributed by atoms with E-state index in [1.165, 1.54) is 30.2 Å². The van der Waals surface area contributed by atoms with Gasteiger partial charge in [0.15, 0.2) is 0 Å². The zero-order valence-corrected chi connectivity index (χ0v) is 24.8. The van der Waals surface area contributed by atoms with Crippen molar-refractivity contribution in [2.45, 2.75) is 51.1 Å². The van der Waals surface area contributed by atoms with Gasteiger partial charge in [-0.2, -0.15) is 0 Å². The second-order valence-corrected chi connectivity index (χ2v) is 11.7. The summed E-state index contributed by atoms with van der Waals surface area (Å²) in [5, 5.41) is 3.15. The van der Waals surface area contributed by atoms with Gasteiger partial charge in [-0.25, -0.2) is 8.42 Å². The topological polar surface area (TPSA) is 96.0 Å². The molecule has 0 saturated heterocycles. The molecule has 0 heterocycles. The van der Waals surface area contributed by atoms with Gasteiger partial charge in [0.25, 0.3) is 10.0 Å². The van der Waals surface area contributed by atoms with Crippen LogP contribution in [-0.4, -0.2) is 51.4 Å². The Morgan fingerprint density at radius 1 is 1.00 bits per heavy atom. The fourth-order valence-corrected chi connectivity index (χ4v) is 5.87. The molecule has 0 saturated carbocycles. The van der Waals surface area contributed by atoms with Crippen molar-refractivity contribution in [3.05, 3.63) is 88.9 Å². The van der Waals surface area contributed by atoms with Crippen molar-refractivity contribution in [3.8, 4) is 5.75 Å². The Hall–Kier alpha value is -3.56. The Labute approximate surface area is 241 Å². The first-order valence-corrected chi connectivity index (χ1v) is 15.0. The highest BCUT2D eigenvalue weighted by atomic mass is 35.5. The summed E-state index contributed by atoms with van der Waals surface area (Å²) in [5.41, 5.74) is 1.99. The highest BCUT2D eigenvalue weighted by Crippen LogP contribution is 2.35. The number of benzene rings is 3. The number of hydrogen-bond donors (Lipinski definition) is 1. The smallest absolute Gasteiger partial charge is 0.264 e. The van der Waals surface area contributed by atoms with Gasteiger partial charge in [0.05, 0.1) is 17.7 Å². The molecule has 1 N–H and O–H groups in total. The van der Waals surface area contributed by atoms with E-state index in [9.17, 15) is 18.0 Å². The summed E-state index contributed by atoms with van der Waals surface area (Å²) in [6.07, 6.45) is 1.09. The zero-order chi connectivity index (χ0) is 29.3. The number of nitrogens with zero attached hydrogens (tertiary/aromatic N) is 2. The quantitative estimate of drug-likeness (QED) is 0.298. The van der Waals surface area contributed by atoms with Crippen molar-refractivity contribution in [2.75, 3.05) is 24.5 Å². The van der Waals surface area contributed by atoms with E-state index >= 15 is 0 Å². The van der Waals surface area contributed by atoms with Gasteiger partial charge in [-0.1, -0.05) is 73.5 Å². The first-order chi connectivity index (χ1) is 19.1. The SMILES string of the molecule is CCCNC(=O)[C@H](CC)N(Cc1ccc(C)cc1)C(=O)CN(c1cc(Cl)ccc1OC)S(=O)(=O)c1ccccc1. The lowest BCUT2D eigenvalue weighted by atomic mass is 10.1. The van der Waals surface area contributed by atoms with Crippen LogP contribution in [0.4, 0.5) is 5.69 Å². The normalized spacial score (nSPS) is 11.9. The molecule has 2 amide bonds. The number of sulfonamides is 1. The maximum atomic E-state index is 14.1. The summed E-state index contributed by atoms with van der Waals surface area (Å²) < 4.78 is 34.4. The molecule has 214 valence electrons. The minimum Gasteiger partial charge on any atom is -0.495 e. The van der Waals surface area contributed by atoms with Gasteiger partial charge in [0.1, 0.15) is 18.3 Å². The van der Waals surface area contributed by atoms with Crippen molar-refractivity contribution >= 4 is 39.1 Å². The van der Waals surface area contributed by atoms with Crippen molar-refractivity contribution in [1.82, 2.24) is 10.2 Å². The van der Waals surface area contributed by atoms with Crippen LogP contribution in [0.5, 0.6) is 5.75 Å². The average Bonchev–Trinajstić information content (AvgIpc) is 2.95. The van der Waals surface area contributed by atoms with E-state index in [1.54, 1.807) is 30.3 Å². The van der Waals surface area contributed by atoms with Crippen LogP contribution < -0.4 is 14.4 Å². The van der Waals surface area contributed by atoms with E-state index in [0.29, 0.717) is 13.0 Å². The van der Waals surface area contributed by atoms with Crippen LogP contribution in [0.15, 0.2) is 77.7 Å². The molecule has 0 radical (unpaired) electrons. The van der Waals surface area contributed by atoms with Crippen molar-refractivity contribution in [3.63, 3.8) is 0 Å². The first kappa shape index (κ1) is 31.0. The summed E-state index contributed by atoms with van der Waals surface area (Å²) in [5.74, 6) is -0.599. The van der Waals surface area contributed by atoms with Crippen LogP contribution in [0.1, 0.15) is 37.8 Å². The van der Waals surface area contributed by atoms with Crippen LogP contribution in [0, 0.1) is 6.92 Å². The summed E-state index contributed by atoms with van der Waals surface area (Å²) >= 11 is 6.27. The van der Waals surface area contributed by atoms with Gasteiger partial charge >= 0.3 is 0 Å². The number of amides is 2. The predicted octanol–water partition coefficient (Wildman–Crippen LogP) is 5.19. The van der Waals surface area contributed by atoms with Crippen molar-refractivity contribution < 1.29 is 22.7 Å². The molecule has 0 aromatic heterocycles. The summed E-state index contributed by atoms with van der Waals surface area (Å²) in [6.45, 7) is 5.76. The van der Waals surface area contributed by atoms with Gasteiger partial charge in [-0.05, 0) is 55.7 Å². The number of nitrogens with one attached hydrogen (secondary N) is 1. The standard InChI is InChI=1S/C30H36ClN3O5S/c1-5-18-32-30(36)26(6-2)33(20-23-14-12-22(3)13-15-23)29(35)21-34(27-19-24(31)16-17-28(27)39-4)40(37,38)25-10-8-7-9-11-25/h7-17,19,26H,5-6,18,20-21H2,1-4H3,(H,32,36)/t26-/m0/s1.